The van der Waals surface area contributed by atoms with Gasteiger partial charge in [-0.15, -0.1) is 0 Å². The van der Waals surface area contributed by atoms with Gasteiger partial charge >= 0.3 is 0 Å². The van der Waals surface area contributed by atoms with E-state index in [2.05, 4.69) is 0 Å². The average Bonchev–Trinajstić information content (AvgIpc) is 2.38. The molecule has 0 bridgehead atoms. The molecule has 0 aromatic carbocycles. The SMILES string of the molecule is COCCC1(N)CCCCC1C1CCCCC1. The van der Waals surface area contributed by atoms with Crippen LogP contribution in [0.25, 0.3) is 0 Å². The highest BCUT2D eigenvalue weighted by Gasteiger charge is 2.41. The summed E-state index contributed by atoms with van der Waals surface area (Å²) in [5, 5.41) is 0. The molecular formula is C15H29NO. The van der Waals surface area contributed by atoms with Crippen LogP contribution in [0.5, 0.6) is 0 Å². The zero-order valence-corrected chi connectivity index (χ0v) is 11.4. The van der Waals surface area contributed by atoms with Crippen LogP contribution in [0.1, 0.15) is 64.2 Å². The Labute approximate surface area is 106 Å². The van der Waals surface area contributed by atoms with Gasteiger partial charge < -0.3 is 10.5 Å². The monoisotopic (exact) mass is 239 g/mol. The number of hydrogen-bond donors (Lipinski definition) is 1. The van der Waals surface area contributed by atoms with Gasteiger partial charge in [-0.05, 0) is 31.1 Å². The van der Waals surface area contributed by atoms with Gasteiger partial charge in [0.05, 0.1) is 0 Å². The van der Waals surface area contributed by atoms with Crippen LogP contribution in [0.15, 0.2) is 0 Å². The summed E-state index contributed by atoms with van der Waals surface area (Å²) in [6.07, 6.45) is 13.5. The molecular weight excluding hydrogens is 210 g/mol. The molecule has 0 aliphatic heterocycles. The number of rotatable bonds is 4. The first kappa shape index (κ1) is 13.4. The van der Waals surface area contributed by atoms with E-state index in [4.69, 9.17) is 10.5 Å². The van der Waals surface area contributed by atoms with Gasteiger partial charge in [-0.2, -0.15) is 0 Å². The molecule has 2 aliphatic carbocycles. The van der Waals surface area contributed by atoms with Crippen LogP contribution >= 0.6 is 0 Å². The van der Waals surface area contributed by atoms with Crippen LogP contribution in [0.4, 0.5) is 0 Å². The molecule has 0 spiro atoms. The van der Waals surface area contributed by atoms with Crippen molar-refractivity contribution in [2.45, 2.75) is 69.7 Å². The molecule has 0 amide bonds. The van der Waals surface area contributed by atoms with Crippen molar-refractivity contribution in [3.63, 3.8) is 0 Å². The second-order valence-corrected chi connectivity index (χ2v) is 6.23. The van der Waals surface area contributed by atoms with Gasteiger partial charge in [0.1, 0.15) is 0 Å². The van der Waals surface area contributed by atoms with Gasteiger partial charge in [0.15, 0.2) is 0 Å². The summed E-state index contributed by atoms with van der Waals surface area (Å²) < 4.78 is 5.27. The van der Waals surface area contributed by atoms with E-state index in [9.17, 15) is 0 Å². The van der Waals surface area contributed by atoms with E-state index >= 15 is 0 Å². The lowest BCUT2D eigenvalue weighted by Gasteiger charge is -2.46. The van der Waals surface area contributed by atoms with Crippen LogP contribution in [0.3, 0.4) is 0 Å². The highest BCUT2D eigenvalue weighted by atomic mass is 16.5. The second kappa shape index (κ2) is 6.19. The lowest BCUT2D eigenvalue weighted by molar-refractivity contribution is 0.0671. The van der Waals surface area contributed by atoms with Crippen molar-refractivity contribution in [1.29, 1.82) is 0 Å². The van der Waals surface area contributed by atoms with E-state index < -0.39 is 0 Å². The molecule has 0 aromatic rings. The maximum absolute atomic E-state index is 6.74. The standard InChI is InChI=1S/C15H29NO/c1-17-12-11-15(16)10-6-5-9-14(15)13-7-3-2-4-8-13/h13-14H,2-12,16H2,1H3. The van der Waals surface area contributed by atoms with Crippen molar-refractivity contribution in [1.82, 2.24) is 0 Å². The molecule has 2 atom stereocenters. The van der Waals surface area contributed by atoms with E-state index in [1.807, 2.05) is 0 Å². The van der Waals surface area contributed by atoms with Gasteiger partial charge in [-0.25, -0.2) is 0 Å². The molecule has 2 nitrogen and oxygen atoms in total. The van der Waals surface area contributed by atoms with Crippen LogP contribution in [-0.2, 0) is 4.74 Å². The fourth-order valence-electron chi connectivity index (χ4n) is 4.14. The number of methoxy groups -OCH3 is 1. The lowest BCUT2D eigenvalue weighted by atomic mass is 9.63. The molecule has 17 heavy (non-hydrogen) atoms. The van der Waals surface area contributed by atoms with Crippen molar-refractivity contribution in [3.05, 3.63) is 0 Å². The summed E-state index contributed by atoms with van der Waals surface area (Å²) in [6, 6.07) is 0. The fourth-order valence-corrected chi connectivity index (χ4v) is 4.14. The topological polar surface area (TPSA) is 35.2 Å². The molecule has 0 saturated heterocycles. The molecule has 2 N–H and O–H groups in total. The van der Waals surface area contributed by atoms with Gasteiger partial charge in [0.2, 0.25) is 0 Å². The summed E-state index contributed by atoms with van der Waals surface area (Å²) >= 11 is 0. The predicted molar refractivity (Wildman–Crippen MR) is 71.9 cm³/mol. The number of nitrogens with two attached hydrogens (primary N) is 1. The highest BCUT2D eigenvalue weighted by molar-refractivity contribution is 4.97. The molecule has 0 aromatic heterocycles. The fraction of sp³-hybridized carbons (Fsp3) is 1.00. The first-order valence-electron chi connectivity index (χ1n) is 7.54. The van der Waals surface area contributed by atoms with Crippen molar-refractivity contribution < 1.29 is 4.74 Å². The minimum atomic E-state index is 0.0796. The van der Waals surface area contributed by atoms with Gasteiger partial charge in [-0.1, -0.05) is 44.9 Å². The number of ether oxygens (including phenoxy) is 1. The molecule has 2 saturated carbocycles. The van der Waals surface area contributed by atoms with Gasteiger partial charge in [0, 0.05) is 19.3 Å². The Morgan fingerprint density at radius 1 is 1.06 bits per heavy atom. The van der Waals surface area contributed by atoms with Crippen LogP contribution in [0, 0.1) is 11.8 Å². The first-order valence-corrected chi connectivity index (χ1v) is 7.54. The molecule has 2 heteroatoms. The van der Waals surface area contributed by atoms with Crippen LogP contribution in [-0.4, -0.2) is 19.3 Å². The van der Waals surface area contributed by atoms with E-state index in [-0.39, 0.29) is 5.54 Å². The van der Waals surface area contributed by atoms with E-state index in [0.717, 1.165) is 24.9 Å². The normalized spacial score (nSPS) is 36.0. The summed E-state index contributed by atoms with van der Waals surface area (Å²) in [5.74, 6) is 1.68. The minimum absolute atomic E-state index is 0.0796. The Morgan fingerprint density at radius 2 is 1.76 bits per heavy atom. The summed E-state index contributed by atoms with van der Waals surface area (Å²) in [7, 11) is 1.79. The molecule has 2 rings (SSSR count). The molecule has 100 valence electrons. The Balaban J connectivity index is 1.99. The average molecular weight is 239 g/mol. The van der Waals surface area contributed by atoms with Crippen molar-refractivity contribution >= 4 is 0 Å². The smallest absolute Gasteiger partial charge is 0.0479 e. The quantitative estimate of drug-likeness (QED) is 0.815. The molecule has 0 heterocycles. The Kier molecular flexibility index (Phi) is 4.87. The minimum Gasteiger partial charge on any atom is -0.385 e. The first-order chi connectivity index (χ1) is 8.26. The highest BCUT2D eigenvalue weighted by Crippen LogP contribution is 2.44. The summed E-state index contributed by atoms with van der Waals surface area (Å²) in [4.78, 5) is 0. The molecule has 2 unspecified atom stereocenters. The second-order valence-electron chi connectivity index (χ2n) is 6.23. The van der Waals surface area contributed by atoms with E-state index in [0.29, 0.717) is 0 Å². The Bertz CT molecular complexity index is 225. The largest absolute Gasteiger partial charge is 0.385 e. The van der Waals surface area contributed by atoms with Crippen LogP contribution in [0.2, 0.25) is 0 Å². The van der Waals surface area contributed by atoms with Gasteiger partial charge in [-0.3, -0.25) is 0 Å². The zero-order valence-electron chi connectivity index (χ0n) is 11.4. The van der Waals surface area contributed by atoms with Crippen molar-refractivity contribution in [2.24, 2.45) is 17.6 Å². The maximum Gasteiger partial charge on any atom is 0.0479 e. The third-order valence-corrected chi connectivity index (χ3v) is 5.14. The summed E-state index contributed by atoms with van der Waals surface area (Å²) in [5.41, 5.74) is 6.82. The van der Waals surface area contributed by atoms with Gasteiger partial charge in [0.25, 0.3) is 0 Å². The van der Waals surface area contributed by atoms with E-state index in [1.165, 1.54) is 57.8 Å². The predicted octanol–water partition coefficient (Wildman–Crippen LogP) is 3.49. The third kappa shape index (κ3) is 3.23. The molecule has 0 radical (unpaired) electrons. The number of hydrogen-bond acceptors (Lipinski definition) is 2. The summed E-state index contributed by atoms with van der Waals surface area (Å²) in [6.45, 7) is 0.833. The Morgan fingerprint density at radius 3 is 2.47 bits per heavy atom. The van der Waals surface area contributed by atoms with Crippen molar-refractivity contribution in [3.8, 4) is 0 Å². The third-order valence-electron chi connectivity index (χ3n) is 5.14. The molecule has 2 fully saturated rings. The lowest BCUT2D eigenvalue weighted by Crippen LogP contribution is -2.52. The Hall–Kier alpha value is -0.0800. The van der Waals surface area contributed by atoms with Crippen molar-refractivity contribution in [2.75, 3.05) is 13.7 Å². The van der Waals surface area contributed by atoms with E-state index in [1.54, 1.807) is 7.11 Å². The van der Waals surface area contributed by atoms with Crippen LogP contribution < -0.4 is 5.73 Å². The maximum atomic E-state index is 6.74. The molecule has 2 aliphatic rings. The zero-order chi connectivity index (χ0) is 12.1.